The molecule has 92 valence electrons. The smallest absolute Gasteiger partial charge is 0.249 e. The van der Waals surface area contributed by atoms with Crippen LogP contribution in [0.5, 0.6) is 0 Å². The minimum Gasteiger partial charge on any atom is -0.364 e. The lowest BCUT2D eigenvalue weighted by atomic mass is 10.1. The monoisotopic (exact) mass is 226 g/mol. The molecule has 3 N–H and O–H groups in total. The third-order valence-corrected chi connectivity index (χ3v) is 3.90. The van der Waals surface area contributed by atoms with Gasteiger partial charge in [0.1, 0.15) is 6.10 Å². The van der Waals surface area contributed by atoms with Gasteiger partial charge in [0.15, 0.2) is 0 Å². The summed E-state index contributed by atoms with van der Waals surface area (Å²) in [4.78, 5) is 11.8. The van der Waals surface area contributed by atoms with E-state index >= 15 is 0 Å². The van der Waals surface area contributed by atoms with E-state index in [2.05, 4.69) is 19.2 Å². The van der Waals surface area contributed by atoms with Crippen molar-refractivity contribution in [2.75, 3.05) is 13.1 Å². The largest absolute Gasteiger partial charge is 0.364 e. The first kappa shape index (κ1) is 11.9. The minimum atomic E-state index is -0.268. The number of amides is 1. The lowest BCUT2D eigenvalue weighted by molar-refractivity contribution is -0.131. The van der Waals surface area contributed by atoms with Crippen molar-refractivity contribution in [3.05, 3.63) is 0 Å². The molecule has 1 aliphatic carbocycles. The highest BCUT2D eigenvalue weighted by molar-refractivity contribution is 5.81. The molecule has 1 saturated heterocycles. The summed E-state index contributed by atoms with van der Waals surface area (Å²) in [5.74, 6) is 0.682. The standard InChI is InChI=1S/C12H22N2O2/c1-12(2)5-8(12)7-14-11(15)10-4-3-9(6-13)16-10/h8-10H,3-7,13H2,1-2H3,(H,14,15). The van der Waals surface area contributed by atoms with Crippen LogP contribution in [0.4, 0.5) is 0 Å². The Hall–Kier alpha value is -0.610. The van der Waals surface area contributed by atoms with Crippen LogP contribution in [0.3, 0.4) is 0 Å². The first-order valence-corrected chi connectivity index (χ1v) is 6.16. The Balaban J connectivity index is 1.69. The maximum atomic E-state index is 11.8. The van der Waals surface area contributed by atoms with Crippen LogP contribution in [0, 0.1) is 11.3 Å². The third-order valence-electron chi connectivity index (χ3n) is 3.90. The van der Waals surface area contributed by atoms with Crippen molar-refractivity contribution in [2.24, 2.45) is 17.1 Å². The number of ether oxygens (including phenoxy) is 1. The highest BCUT2D eigenvalue weighted by Gasteiger charge is 2.45. The Kier molecular flexibility index (Phi) is 3.22. The zero-order valence-electron chi connectivity index (χ0n) is 10.2. The summed E-state index contributed by atoms with van der Waals surface area (Å²) in [5, 5.41) is 2.98. The molecular formula is C12H22N2O2. The topological polar surface area (TPSA) is 64.4 Å². The van der Waals surface area contributed by atoms with E-state index in [1.54, 1.807) is 0 Å². The number of nitrogens with two attached hydrogens (primary N) is 1. The molecule has 2 fully saturated rings. The van der Waals surface area contributed by atoms with Gasteiger partial charge in [-0.2, -0.15) is 0 Å². The molecule has 1 saturated carbocycles. The minimum absolute atomic E-state index is 0.0404. The van der Waals surface area contributed by atoms with E-state index in [1.165, 1.54) is 6.42 Å². The molecule has 16 heavy (non-hydrogen) atoms. The van der Waals surface area contributed by atoms with Gasteiger partial charge in [0.2, 0.25) is 5.91 Å². The second-order valence-corrected chi connectivity index (χ2v) is 5.69. The van der Waals surface area contributed by atoms with Crippen molar-refractivity contribution in [1.29, 1.82) is 0 Å². The molecule has 0 spiro atoms. The molecule has 2 rings (SSSR count). The molecule has 1 heterocycles. The molecule has 1 aliphatic heterocycles. The van der Waals surface area contributed by atoms with E-state index in [9.17, 15) is 4.79 Å². The summed E-state index contributed by atoms with van der Waals surface area (Å²) in [6, 6.07) is 0. The molecular weight excluding hydrogens is 204 g/mol. The maximum Gasteiger partial charge on any atom is 0.249 e. The highest BCUT2D eigenvalue weighted by Crippen LogP contribution is 2.50. The van der Waals surface area contributed by atoms with Crippen molar-refractivity contribution in [2.45, 2.75) is 45.3 Å². The van der Waals surface area contributed by atoms with Gasteiger partial charge in [-0.3, -0.25) is 4.79 Å². The number of nitrogens with one attached hydrogen (secondary N) is 1. The average Bonchev–Trinajstić information content (AvgIpc) is 2.69. The fraction of sp³-hybridized carbons (Fsp3) is 0.917. The first-order chi connectivity index (χ1) is 7.53. The van der Waals surface area contributed by atoms with Crippen LogP contribution in [-0.4, -0.2) is 31.2 Å². The fourth-order valence-corrected chi connectivity index (χ4v) is 2.33. The average molecular weight is 226 g/mol. The molecule has 3 atom stereocenters. The van der Waals surface area contributed by atoms with Gasteiger partial charge in [-0.1, -0.05) is 13.8 Å². The summed E-state index contributed by atoms with van der Waals surface area (Å²) in [7, 11) is 0. The van der Waals surface area contributed by atoms with Gasteiger partial charge >= 0.3 is 0 Å². The lowest BCUT2D eigenvalue weighted by Gasteiger charge is -2.13. The van der Waals surface area contributed by atoms with Gasteiger partial charge < -0.3 is 15.8 Å². The van der Waals surface area contributed by atoms with E-state index in [0.29, 0.717) is 17.9 Å². The molecule has 0 aromatic carbocycles. The Morgan fingerprint density at radius 2 is 2.19 bits per heavy atom. The fourth-order valence-electron chi connectivity index (χ4n) is 2.33. The van der Waals surface area contributed by atoms with Crippen molar-refractivity contribution < 1.29 is 9.53 Å². The van der Waals surface area contributed by atoms with Gasteiger partial charge in [-0.05, 0) is 30.6 Å². The van der Waals surface area contributed by atoms with Gasteiger partial charge in [-0.25, -0.2) is 0 Å². The number of rotatable bonds is 4. The van der Waals surface area contributed by atoms with Gasteiger partial charge in [0.05, 0.1) is 6.10 Å². The van der Waals surface area contributed by atoms with Gasteiger partial charge in [-0.15, -0.1) is 0 Å². The van der Waals surface area contributed by atoms with Crippen LogP contribution in [0.2, 0.25) is 0 Å². The summed E-state index contributed by atoms with van der Waals surface area (Å²) >= 11 is 0. The molecule has 0 bridgehead atoms. The van der Waals surface area contributed by atoms with Crippen molar-refractivity contribution in [1.82, 2.24) is 5.32 Å². The zero-order valence-corrected chi connectivity index (χ0v) is 10.2. The Labute approximate surface area is 96.9 Å². The maximum absolute atomic E-state index is 11.8. The summed E-state index contributed by atoms with van der Waals surface area (Å²) in [6.45, 7) is 5.78. The summed E-state index contributed by atoms with van der Waals surface area (Å²) in [5.41, 5.74) is 5.93. The zero-order chi connectivity index (χ0) is 11.8. The first-order valence-electron chi connectivity index (χ1n) is 6.16. The normalized spacial score (nSPS) is 36.1. The number of carbonyl (C=O) groups excluding carboxylic acids is 1. The van der Waals surface area contributed by atoms with E-state index in [1.807, 2.05) is 0 Å². The van der Waals surface area contributed by atoms with Crippen LogP contribution in [0.15, 0.2) is 0 Å². The molecule has 4 heteroatoms. The summed E-state index contributed by atoms with van der Waals surface area (Å²) < 4.78 is 5.54. The predicted octanol–water partition coefficient (Wildman–Crippen LogP) is 0.655. The molecule has 4 nitrogen and oxygen atoms in total. The Morgan fingerprint density at radius 3 is 2.69 bits per heavy atom. The van der Waals surface area contributed by atoms with Crippen molar-refractivity contribution in [3.8, 4) is 0 Å². The van der Waals surface area contributed by atoms with Crippen molar-refractivity contribution >= 4 is 5.91 Å². The van der Waals surface area contributed by atoms with Crippen LogP contribution >= 0.6 is 0 Å². The van der Waals surface area contributed by atoms with E-state index < -0.39 is 0 Å². The molecule has 0 aromatic rings. The quantitative estimate of drug-likeness (QED) is 0.740. The molecule has 1 amide bonds. The number of hydrogen-bond donors (Lipinski definition) is 2. The number of carbonyl (C=O) groups is 1. The lowest BCUT2D eigenvalue weighted by Crippen LogP contribution is -2.36. The molecule has 2 aliphatic rings. The summed E-state index contributed by atoms with van der Waals surface area (Å²) in [6.07, 6.45) is 2.73. The van der Waals surface area contributed by atoms with Crippen LogP contribution in [0.1, 0.15) is 33.1 Å². The predicted molar refractivity (Wildman–Crippen MR) is 61.8 cm³/mol. The van der Waals surface area contributed by atoms with Crippen LogP contribution in [-0.2, 0) is 9.53 Å². The third kappa shape index (κ3) is 2.55. The van der Waals surface area contributed by atoms with E-state index in [0.717, 1.165) is 19.4 Å². The molecule has 0 radical (unpaired) electrons. The second kappa shape index (κ2) is 4.34. The van der Waals surface area contributed by atoms with Crippen LogP contribution in [0.25, 0.3) is 0 Å². The second-order valence-electron chi connectivity index (χ2n) is 5.69. The Bertz CT molecular complexity index is 278. The van der Waals surface area contributed by atoms with Gasteiger partial charge in [0.25, 0.3) is 0 Å². The SMILES string of the molecule is CC1(C)CC1CNC(=O)C1CCC(CN)O1. The van der Waals surface area contributed by atoms with E-state index in [-0.39, 0.29) is 18.1 Å². The van der Waals surface area contributed by atoms with Crippen molar-refractivity contribution in [3.63, 3.8) is 0 Å². The van der Waals surface area contributed by atoms with E-state index in [4.69, 9.17) is 10.5 Å². The molecule has 0 aromatic heterocycles. The van der Waals surface area contributed by atoms with Crippen LogP contribution < -0.4 is 11.1 Å². The highest BCUT2D eigenvalue weighted by atomic mass is 16.5. The van der Waals surface area contributed by atoms with Gasteiger partial charge in [0, 0.05) is 13.1 Å². The number of hydrogen-bond acceptors (Lipinski definition) is 3. The Morgan fingerprint density at radius 1 is 1.50 bits per heavy atom. The molecule has 3 unspecified atom stereocenters.